The molecule has 3 heterocycles. The molecule has 32 heavy (non-hydrogen) atoms. The number of hydrogen-bond acceptors (Lipinski definition) is 8. The van der Waals surface area contributed by atoms with E-state index in [4.69, 9.17) is 23.7 Å². The molecule has 5 rings (SSSR count). The molecule has 0 saturated carbocycles. The number of nitrogens with zero attached hydrogens (tertiary/aromatic N) is 2. The first-order chi connectivity index (χ1) is 15.2. The summed E-state index contributed by atoms with van der Waals surface area (Å²) in [5.74, 6) is -0.506. The minimum atomic E-state index is -0.988. The molecule has 1 saturated heterocycles. The molecule has 4 atom stereocenters. The summed E-state index contributed by atoms with van der Waals surface area (Å²) in [4.78, 5) is 26.5. The molecule has 11 heteroatoms. The maximum atomic E-state index is 13.9. The van der Waals surface area contributed by atoms with Gasteiger partial charge in [-0.05, 0) is 31.6 Å². The van der Waals surface area contributed by atoms with Gasteiger partial charge in [0.2, 0.25) is 12.5 Å². The fourth-order valence-corrected chi connectivity index (χ4v) is 4.87. The lowest BCUT2D eigenvalue weighted by molar-refractivity contribution is -0.155. The summed E-state index contributed by atoms with van der Waals surface area (Å²) in [6.07, 6.45) is -0.795. The Hall–Kier alpha value is -3.02. The van der Waals surface area contributed by atoms with Gasteiger partial charge in [-0.3, -0.25) is 4.79 Å². The number of ether oxygens (including phenoxy) is 5. The number of rotatable bonds is 2. The van der Waals surface area contributed by atoms with E-state index in [9.17, 15) is 14.7 Å². The molecular weight excluding hydrogens is 422 g/mol. The van der Waals surface area contributed by atoms with E-state index < -0.39 is 42.1 Å². The predicted octanol–water partition coefficient (Wildman–Crippen LogP) is 0.712. The Balaban J connectivity index is 1.75. The molecule has 0 spiro atoms. The molecule has 1 aliphatic carbocycles. The average molecular weight is 447 g/mol. The van der Waals surface area contributed by atoms with Crippen molar-refractivity contribution >= 4 is 17.5 Å². The Bertz CT molecular complexity index is 1040. The molecule has 3 aliphatic heterocycles. The van der Waals surface area contributed by atoms with Crippen LogP contribution in [0.3, 0.4) is 0 Å². The molecule has 3 amide bonds. The van der Waals surface area contributed by atoms with Crippen LogP contribution in [0.4, 0.5) is 4.79 Å². The standard InChI is InChI=1S/C21H25N3O8/c1-21(2)31-15-11(25)6-10-9-7-12-16(30-8-29-12)17(28-5)13(9)19(26)24(14(10)18(15)32-21)23(4)20(27)22-3/h6-7,11,14-15,18,25H,8H2,1-5H3,(H,22,27)/t11-,14+,15+,18-/m0/s1. The largest absolute Gasteiger partial charge is 0.492 e. The van der Waals surface area contributed by atoms with Crippen LogP contribution < -0.4 is 19.5 Å². The second kappa shape index (κ2) is 6.99. The van der Waals surface area contributed by atoms with Gasteiger partial charge >= 0.3 is 6.03 Å². The Kier molecular flexibility index (Phi) is 4.56. The van der Waals surface area contributed by atoms with Crippen molar-refractivity contribution in [3.05, 3.63) is 23.3 Å². The summed E-state index contributed by atoms with van der Waals surface area (Å²) >= 11 is 0. The van der Waals surface area contributed by atoms with E-state index >= 15 is 0 Å². The smallest absolute Gasteiger partial charge is 0.335 e. The van der Waals surface area contributed by atoms with E-state index in [-0.39, 0.29) is 18.1 Å². The van der Waals surface area contributed by atoms with Gasteiger partial charge < -0.3 is 34.1 Å². The highest BCUT2D eigenvalue weighted by Crippen LogP contribution is 2.52. The molecule has 172 valence electrons. The van der Waals surface area contributed by atoms with Crippen molar-refractivity contribution in [1.82, 2.24) is 15.3 Å². The number of aliphatic hydroxyl groups is 1. The third-order valence-electron chi connectivity index (χ3n) is 6.13. The highest BCUT2D eigenvalue weighted by molar-refractivity contribution is 6.08. The fraction of sp³-hybridized carbons (Fsp3) is 0.524. The minimum Gasteiger partial charge on any atom is -0.492 e. The molecule has 0 radical (unpaired) electrons. The van der Waals surface area contributed by atoms with Gasteiger partial charge in [0, 0.05) is 19.7 Å². The van der Waals surface area contributed by atoms with Gasteiger partial charge in [-0.1, -0.05) is 0 Å². The number of carbonyl (C=O) groups is 2. The summed E-state index contributed by atoms with van der Waals surface area (Å²) < 4.78 is 28.7. The highest BCUT2D eigenvalue weighted by Gasteiger charge is 2.57. The van der Waals surface area contributed by atoms with E-state index in [1.54, 1.807) is 26.0 Å². The summed E-state index contributed by atoms with van der Waals surface area (Å²) in [6.45, 7) is 3.47. The quantitative estimate of drug-likeness (QED) is 0.681. The number of carbonyl (C=O) groups excluding carboxylic acids is 2. The molecule has 0 unspecified atom stereocenters. The number of fused-ring (bicyclic) bond motifs is 6. The number of benzene rings is 1. The van der Waals surface area contributed by atoms with Gasteiger partial charge in [0.1, 0.15) is 24.4 Å². The Labute approximate surface area is 184 Å². The van der Waals surface area contributed by atoms with Crippen LogP contribution in [-0.4, -0.2) is 85.2 Å². The summed E-state index contributed by atoms with van der Waals surface area (Å²) in [5.41, 5.74) is 1.33. The number of urea groups is 1. The molecule has 0 aromatic heterocycles. The van der Waals surface area contributed by atoms with E-state index in [1.807, 2.05) is 0 Å². The molecule has 1 aromatic carbocycles. The number of hydrogen-bond donors (Lipinski definition) is 2. The molecule has 4 aliphatic rings. The van der Waals surface area contributed by atoms with Gasteiger partial charge in [-0.25, -0.2) is 14.8 Å². The van der Waals surface area contributed by atoms with Crippen molar-refractivity contribution in [2.75, 3.05) is 28.0 Å². The van der Waals surface area contributed by atoms with Crippen LogP contribution in [-0.2, 0) is 9.47 Å². The lowest BCUT2D eigenvalue weighted by Gasteiger charge is -2.47. The normalized spacial score (nSPS) is 29.0. The number of methoxy groups -OCH3 is 1. The van der Waals surface area contributed by atoms with E-state index in [2.05, 4.69) is 5.32 Å². The Morgan fingerprint density at radius 2 is 2.03 bits per heavy atom. The Morgan fingerprint density at radius 3 is 2.72 bits per heavy atom. The van der Waals surface area contributed by atoms with Crippen molar-refractivity contribution in [3.8, 4) is 17.2 Å². The van der Waals surface area contributed by atoms with Crippen LogP contribution >= 0.6 is 0 Å². The second-order valence-corrected chi connectivity index (χ2v) is 8.42. The van der Waals surface area contributed by atoms with Crippen LogP contribution in [0.2, 0.25) is 0 Å². The van der Waals surface area contributed by atoms with E-state index in [0.29, 0.717) is 22.6 Å². The summed E-state index contributed by atoms with van der Waals surface area (Å²) in [6, 6.07) is 0.460. The van der Waals surface area contributed by atoms with Gasteiger partial charge in [0.25, 0.3) is 5.91 Å². The number of hydrazine groups is 1. The average Bonchev–Trinajstić information content (AvgIpc) is 3.35. The molecule has 11 nitrogen and oxygen atoms in total. The maximum absolute atomic E-state index is 13.9. The zero-order valence-corrected chi connectivity index (χ0v) is 18.4. The Morgan fingerprint density at radius 1 is 1.31 bits per heavy atom. The maximum Gasteiger partial charge on any atom is 0.335 e. The number of amides is 3. The van der Waals surface area contributed by atoms with Crippen molar-refractivity contribution in [1.29, 1.82) is 0 Å². The summed E-state index contributed by atoms with van der Waals surface area (Å²) in [5, 5.41) is 15.9. The highest BCUT2D eigenvalue weighted by atomic mass is 16.8. The monoisotopic (exact) mass is 447 g/mol. The third kappa shape index (κ3) is 2.78. The van der Waals surface area contributed by atoms with Crippen LogP contribution in [0, 0.1) is 0 Å². The zero-order valence-electron chi connectivity index (χ0n) is 18.4. The van der Waals surface area contributed by atoms with Gasteiger partial charge in [0.05, 0.1) is 12.7 Å². The topological polar surface area (TPSA) is 119 Å². The van der Waals surface area contributed by atoms with E-state index in [1.165, 1.54) is 31.2 Å². The van der Waals surface area contributed by atoms with Gasteiger partial charge in [0.15, 0.2) is 17.3 Å². The second-order valence-electron chi connectivity index (χ2n) is 8.42. The molecule has 1 fully saturated rings. The molecule has 1 aromatic rings. The van der Waals surface area contributed by atoms with E-state index in [0.717, 1.165) is 0 Å². The van der Waals surface area contributed by atoms with Gasteiger partial charge in [-0.2, -0.15) is 0 Å². The molecular formula is C21H25N3O8. The van der Waals surface area contributed by atoms with Crippen LogP contribution in [0.15, 0.2) is 12.1 Å². The first-order valence-electron chi connectivity index (χ1n) is 10.2. The zero-order chi connectivity index (χ0) is 22.9. The third-order valence-corrected chi connectivity index (χ3v) is 6.13. The minimum absolute atomic E-state index is 0.00836. The first kappa shape index (κ1) is 20.9. The number of aliphatic hydroxyl groups excluding tert-OH is 1. The molecule has 0 bridgehead atoms. The van der Waals surface area contributed by atoms with Crippen molar-refractivity contribution < 1.29 is 38.4 Å². The number of nitrogens with one attached hydrogen (secondary N) is 1. The van der Waals surface area contributed by atoms with Crippen molar-refractivity contribution in [2.24, 2.45) is 0 Å². The van der Waals surface area contributed by atoms with Crippen LogP contribution in [0.25, 0.3) is 5.57 Å². The first-order valence-corrected chi connectivity index (χ1v) is 10.2. The lowest BCUT2D eigenvalue weighted by atomic mass is 9.78. The van der Waals surface area contributed by atoms with Crippen molar-refractivity contribution in [2.45, 2.75) is 44.0 Å². The SMILES string of the molecule is CNC(=O)N(C)N1C(=O)c2c(cc3c(c2OC)OCO3)C2=C[C@H](O)[C@H]3OC(C)(C)O[C@H]3[C@@H]21. The lowest BCUT2D eigenvalue weighted by Crippen LogP contribution is -2.64. The van der Waals surface area contributed by atoms with Crippen molar-refractivity contribution in [3.63, 3.8) is 0 Å². The van der Waals surface area contributed by atoms with Crippen LogP contribution in [0.5, 0.6) is 17.2 Å². The predicted molar refractivity (Wildman–Crippen MR) is 109 cm³/mol. The fourth-order valence-electron chi connectivity index (χ4n) is 4.87. The summed E-state index contributed by atoms with van der Waals surface area (Å²) in [7, 11) is 4.39. The van der Waals surface area contributed by atoms with Gasteiger partial charge in [-0.15, -0.1) is 0 Å². The molecule has 2 N–H and O–H groups in total. The van der Waals surface area contributed by atoms with Crippen LogP contribution in [0.1, 0.15) is 29.8 Å².